The van der Waals surface area contributed by atoms with Gasteiger partial charge >= 0.3 is 0 Å². The maximum absolute atomic E-state index is 12.2. The van der Waals surface area contributed by atoms with Crippen LogP contribution in [0.2, 0.25) is 0 Å². The van der Waals surface area contributed by atoms with E-state index in [1.807, 2.05) is 0 Å². The molecule has 0 bridgehead atoms. The van der Waals surface area contributed by atoms with Crippen LogP contribution in [0.25, 0.3) is 0 Å². The van der Waals surface area contributed by atoms with Crippen LogP contribution < -0.4 is 11.1 Å². The van der Waals surface area contributed by atoms with Gasteiger partial charge in [0.1, 0.15) is 9.21 Å². The van der Waals surface area contributed by atoms with E-state index in [4.69, 9.17) is 5.73 Å². The van der Waals surface area contributed by atoms with Crippen LogP contribution in [-0.2, 0) is 4.79 Å². The summed E-state index contributed by atoms with van der Waals surface area (Å²) in [6.07, 6.45) is 5.42. The maximum atomic E-state index is 12.2. The van der Waals surface area contributed by atoms with E-state index in [-0.39, 0.29) is 11.8 Å². The average Bonchev–Trinajstić information content (AvgIpc) is 2.42. The number of aromatic nitrogens is 2. The Kier molecular flexibility index (Phi) is 5.29. The molecule has 7 heteroatoms. The fourth-order valence-electron chi connectivity index (χ4n) is 2.31. The molecular weight excluding hydrogens is 376 g/mol. The van der Waals surface area contributed by atoms with Crippen molar-refractivity contribution in [3.8, 4) is 0 Å². The fourth-order valence-corrected chi connectivity index (χ4v) is 3.22. The van der Waals surface area contributed by atoms with Crippen LogP contribution in [0.4, 0.5) is 5.82 Å². The van der Waals surface area contributed by atoms with Gasteiger partial charge in [0.2, 0.25) is 5.91 Å². The lowest BCUT2D eigenvalue weighted by Gasteiger charge is -2.26. The molecule has 0 spiro atoms. The molecule has 104 valence electrons. The van der Waals surface area contributed by atoms with Crippen LogP contribution in [0.5, 0.6) is 0 Å². The maximum Gasteiger partial charge on any atom is 0.228 e. The number of hydrogen-bond donors (Lipinski definition) is 2. The molecule has 1 saturated carbocycles. The number of anilines is 1. The van der Waals surface area contributed by atoms with Crippen molar-refractivity contribution in [3.05, 3.63) is 15.4 Å². The Bertz CT molecular complexity index is 461. The number of nitrogens with two attached hydrogens (primary N) is 1. The van der Waals surface area contributed by atoms with Crippen molar-refractivity contribution in [2.24, 2.45) is 17.6 Å². The highest BCUT2D eigenvalue weighted by molar-refractivity contribution is 9.11. The predicted molar refractivity (Wildman–Crippen MR) is 80.6 cm³/mol. The largest absolute Gasteiger partial charge is 0.330 e. The average molecular weight is 392 g/mol. The summed E-state index contributed by atoms with van der Waals surface area (Å²) in [5.41, 5.74) is 5.65. The first-order valence-corrected chi connectivity index (χ1v) is 7.87. The number of carbonyl (C=O) groups is 1. The van der Waals surface area contributed by atoms with E-state index in [0.29, 0.717) is 20.9 Å². The van der Waals surface area contributed by atoms with Gasteiger partial charge < -0.3 is 11.1 Å². The summed E-state index contributed by atoms with van der Waals surface area (Å²) in [7, 11) is 0. The van der Waals surface area contributed by atoms with E-state index < -0.39 is 0 Å². The third kappa shape index (κ3) is 3.97. The normalized spacial score (nSPS) is 23.1. The number of amides is 1. The number of halogens is 2. The van der Waals surface area contributed by atoms with E-state index >= 15 is 0 Å². The Morgan fingerprint density at radius 3 is 2.63 bits per heavy atom. The van der Waals surface area contributed by atoms with Gasteiger partial charge in [-0.15, -0.1) is 0 Å². The van der Waals surface area contributed by atoms with E-state index in [2.05, 4.69) is 47.1 Å². The molecule has 0 aromatic carbocycles. The molecule has 0 unspecified atom stereocenters. The minimum absolute atomic E-state index is 0.0211. The van der Waals surface area contributed by atoms with Crippen LogP contribution in [-0.4, -0.2) is 22.4 Å². The summed E-state index contributed by atoms with van der Waals surface area (Å²) in [6, 6.07) is 0. The lowest BCUT2D eigenvalue weighted by Crippen LogP contribution is -2.29. The van der Waals surface area contributed by atoms with E-state index in [1.165, 1.54) is 0 Å². The smallest absolute Gasteiger partial charge is 0.228 e. The summed E-state index contributed by atoms with van der Waals surface area (Å²) in [6.45, 7) is 0.720. The van der Waals surface area contributed by atoms with Crippen molar-refractivity contribution in [2.75, 3.05) is 11.9 Å². The Morgan fingerprint density at radius 1 is 1.37 bits per heavy atom. The van der Waals surface area contributed by atoms with E-state index in [0.717, 1.165) is 32.2 Å². The molecule has 1 amide bonds. The zero-order chi connectivity index (χ0) is 13.8. The lowest BCUT2D eigenvalue weighted by molar-refractivity contribution is -0.121. The first-order chi connectivity index (χ1) is 9.10. The summed E-state index contributed by atoms with van der Waals surface area (Å²) in [5, 5.41) is 2.83. The zero-order valence-electron chi connectivity index (χ0n) is 10.4. The standard InChI is InChI=1S/C12H16Br2N4O/c13-9-6-16-11(10(14)17-9)18-12(19)8-3-1-7(5-15)2-4-8/h6-8H,1-5,15H2,(H,16,18,19). The summed E-state index contributed by atoms with van der Waals surface area (Å²) >= 11 is 6.51. The topological polar surface area (TPSA) is 80.9 Å². The Balaban J connectivity index is 1.94. The minimum atomic E-state index is 0.0211. The van der Waals surface area contributed by atoms with Gasteiger partial charge in [-0.2, -0.15) is 0 Å². The predicted octanol–water partition coefficient (Wildman–Crippen LogP) is 2.71. The first-order valence-electron chi connectivity index (χ1n) is 6.29. The molecule has 0 radical (unpaired) electrons. The third-order valence-corrected chi connectivity index (χ3v) is 4.43. The summed E-state index contributed by atoms with van der Waals surface area (Å²) in [5.74, 6) is 1.12. The molecule has 1 aromatic heterocycles. The van der Waals surface area contributed by atoms with Gasteiger partial charge in [-0.25, -0.2) is 9.97 Å². The molecule has 1 aliphatic rings. The third-order valence-electron chi connectivity index (χ3n) is 3.49. The SMILES string of the molecule is NCC1CCC(C(=O)Nc2ncc(Br)nc2Br)CC1. The Morgan fingerprint density at radius 2 is 2.05 bits per heavy atom. The molecular formula is C12H16Br2N4O. The van der Waals surface area contributed by atoms with Crippen molar-refractivity contribution in [3.63, 3.8) is 0 Å². The number of nitrogens with zero attached hydrogens (tertiary/aromatic N) is 2. The van der Waals surface area contributed by atoms with Gasteiger partial charge in [-0.05, 0) is 70.0 Å². The molecule has 3 N–H and O–H groups in total. The van der Waals surface area contributed by atoms with Gasteiger partial charge in [0.25, 0.3) is 0 Å². The van der Waals surface area contributed by atoms with Crippen LogP contribution in [0.3, 0.4) is 0 Å². The highest BCUT2D eigenvalue weighted by Crippen LogP contribution is 2.29. The second-order valence-electron chi connectivity index (χ2n) is 4.77. The van der Waals surface area contributed by atoms with Crippen LogP contribution in [0, 0.1) is 11.8 Å². The quantitative estimate of drug-likeness (QED) is 0.829. The molecule has 1 aliphatic carbocycles. The summed E-state index contributed by atoms with van der Waals surface area (Å²) in [4.78, 5) is 20.4. The first kappa shape index (κ1) is 14.9. The second-order valence-corrected chi connectivity index (χ2v) is 6.34. The molecule has 0 atom stereocenters. The second kappa shape index (κ2) is 6.76. The van der Waals surface area contributed by atoms with Crippen molar-refractivity contribution in [1.29, 1.82) is 0 Å². The molecule has 1 fully saturated rings. The number of carbonyl (C=O) groups excluding carboxylic acids is 1. The van der Waals surface area contributed by atoms with Gasteiger partial charge in [-0.1, -0.05) is 0 Å². The van der Waals surface area contributed by atoms with Crippen LogP contribution in [0.15, 0.2) is 15.4 Å². The monoisotopic (exact) mass is 390 g/mol. The number of nitrogens with one attached hydrogen (secondary N) is 1. The minimum Gasteiger partial charge on any atom is -0.330 e. The van der Waals surface area contributed by atoms with Crippen molar-refractivity contribution in [1.82, 2.24) is 9.97 Å². The van der Waals surface area contributed by atoms with Crippen molar-refractivity contribution < 1.29 is 4.79 Å². The molecule has 1 aromatic rings. The molecule has 1 heterocycles. The molecule has 5 nitrogen and oxygen atoms in total. The molecule has 0 aliphatic heterocycles. The Hall–Kier alpha value is -0.530. The number of rotatable bonds is 3. The highest BCUT2D eigenvalue weighted by atomic mass is 79.9. The van der Waals surface area contributed by atoms with Crippen LogP contribution in [0.1, 0.15) is 25.7 Å². The van der Waals surface area contributed by atoms with Gasteiger partial charge in [-0.3, -0.25) is 4.79 Å². The molecule has 0 saturated heterocycles. The van der Waals surface area contributed by atoms with E-state index in [9.17, 15) is 4.79 Å². The molecule has 2 rings (SSSR count). The Labute approximate surface area is 129 Å². The lowest BCUT2D eigenvalue weighted by atomic mass is 9.81. The van der Waals surface area contributed by atoms with Gasteiger partial charge in [0.15, 0.2) is 5.82 Å². The van der Waals surface area contributed by atoms with E-state index in [1.54, 1.807) is 6.20 Å². The van der Waals surface area contributed by atoms with Crippen molar-refractivity contribution >= 4 is 43.6 Å². The van der Waals surface area contributed by atoms with Gasteiger partial charge in [0.05, 0.1) is 6.20 Å². The van der Waals surface area contributed by atoms with Gasteiger partial charge in [0, 0.05) is 5.92 Å². The van der Waals surface area contributed by atoms with Crippen LogP contribution >= 0.6 is 31.9 Å². The zero-order valence-corrected chi connectivity index (χ0v) is 13.6. The fraction of sp³-hybridized carbons (Fsp3) is 0.583. The van der Waals surface area contributed by atoms with Crippen molar-refractivity contribution in [2.45, 2.75) is 25.7 Å². The highest BCUT2D eigenvalue weighted by Gasteiger charge is 2.26. The summed E-state index contributed by atoms with van der Waals surface area (Å²) < 4.78 is 1.16. The molecule has 19 heavy (non-hydrogen) atoms. The number of hydrogen-bond acceptors (Lipinski definition) is 4.